The maximum atomic E-state index is 12.4. The summed E-state index contributed by atoms with van der Waals surface area (Å²) in [6, 6.07) is 16.3. The Hall–Kier alpha value is -2.88. The number of rotatable bonds is 5. The number of amides is 1. The van der Waals surface area contributed by atoms with Crippen LogP contribution in [-0.2, 0) is 25.9 Å². The fourth-order valence-corrected chi connectivity index (χ4v) is 3.35. The second-order valence-electron chi connectivity index (χ2n) is 6.55. The molecule has 25 heavy (non-hydrogen) atoms. The minimum atomic E-state index is -0.0227. The molecule has 3 aromatic rings. The van der Waals surface area contributed by atoms with Crippen LogP contribution in [0.2, 0.25) is 0 Å². The highest BCUT2D eigenvalue weighted by Crippen LogP contribution is 2.22. The number of carbonyl (C=O) groups is 1. The van der Waals surface area contributed by atoms with Gasteiger partial charge in [-0.1, -0.05) is 36.4 Å². The van der Waals surface area contributed by atoms with Crippen molar-refractivity contribution in [1.82, 2.24) is 15.1 Å². The average molecular weight is 331 g/mol. The molecule has 1 aliphatic carbocycles. The van der Waals surface area contributed by atoms with Gasteiger partial charge >= 0.3 is 0 Å². The van der Waals surface area contributed by atoms with Crippen molar-refractivity contribution < 1.29 is 4.79 Å². The third kappa shape index (κ3) is 3.63. The molecule has 0 radical (unpaired) electrons. The van der Waals surface area contributed by atoms with Gasteiger partial charge in [-0.15, -0.1) is 0 Å². The van der Waals surface area contributed by atoms with Gasteiger partial charge in [-0.25, -0.2) is 0 Å². The standard InChI is InChI=1S/C21H21N3O/c25-21(20-10-9-18-7-4-8-19(18)11-20)22-12-17-13-23-24(15-17)14-16-5-2-1-3-6-16/h1-3,5-6,9-11,13,15H,4,7-8,12,14H2,(H,22,25). The maximum Gasteiger partial charge on any atom is 0.251 e. The van der Waals surface area contributed by atoms with Crippen molar-refractivity contribution in [2.45, 2.75) is 32.4 Å². The van der Waals surface area contributed by atoms with Gasteiger partial charge in [-0.05, 0) is 48.1 Å². The van der Waals surface area contributed by atoms with E-state index in [9.17, 15) is 4.79 Å². The molecule has 0 spiro atoms. The molecule has 1 aromatic heterocycles. The Labute approximate surface area is 147 Å². The van der Waals surface area contributed by atoms with Crippen LogP contribution in [0.1, 0.15) is 39.0 Å². The summed E-state index contributed by atoms with van der Waals surface area (Å²) < 4.78 is 1.90. The number of carbonyl (C=O) groups excluding carboxylic acids is 1. The molecule has 0 bridgehead atoms. The van der Waals surface area contributed by atoms with E-state index in [2.05, 4.69) is 28.6 Å². The second kappa shape index (κ2) is 6.93. The third-order valence-electron chi connectivity index (χ3n) is 4.69. The molecule has 1 heterocycles. The van der Waals surface area contributed by atoms with Crippen molar-refractivity contribution in [2.75, 3.05) is 0 Å². The van der Waals surface area contributed by atoms with Gasteiger partial charge in [0.05, 0.1) is 12.7 Å². The highest BCUT2D eigenvalue weighted by atomic mass is 16.1. The molecule has 2 aromatic carbocycles. The summed E-state index contributed by atoms with van der Waals surface area (Å²) in [5.41, 5.74) is 5.67. The van der Waals surface area contributed by atoms with E-state index in [-0.39, 0.29) is 5.91 Å². The largest absolute Gasteiger partial charge is 0.348 e. The topological polar surface area (TPSA) is 46.9 Å². The lowest BCUT2D eigenvalue weighted by Crippen LogP contribution is -2.22. The Morgan fingerprint density at radius 3 is 2.76 bits per heavy atom. The Morgan fingerprint density at radius 2 is 1.88 bits per heavy atom. The summed E-state index contributed by atoms with van der Waals surface area (Å²) in [6.45, 7) is 1.23. The molecule has 4 nitrogen and oxygen atoms in total. The van der Waals surface area contributed by atoms with Crippen molar-refractivity contribution in [3.63, 3.8) is 0 Å². The van der Waals surface area contributed by atoms with Crippen molar-refractivity contribution in [2.24, 2.45) is 0 Å². The predicted octanol–water partition coefficient (Wildman–Crippen LogP) is 3.35. The predicted molar refractivity (Wildman–Crippen MR) is 97.4 cm³/mol. The molecule has 0 aliphatic heterocycles. The van der Waals surface area contributed by atoms with E-state index in [4.69, 9.17) is 0 Å². The maximum absolute atomic E-state index is 12.4. The lowest BCUT2D eigenvalue weighted by molar-refractivity contribution is 0.0951. The van der Waals surface area contributed by atoms with Gasteiger partial charge in [0.25, 0.3) is 5.91 Å². The van der Waals surface area contributed by atoms with Gasteiger partial charge in [0.1, 0.15) is 0 Å². The highest BCUT2D eigenvalue weighted by molar-refractivity contribution is 5.94. The number of fused-ring (bicyclic) bond motifs is 1. The number of nitrogens with zero attached hydrogens (tertiary/aromatic N) is 2. The van der Waals surface area contributed by atoms with Gasteiger partial charge in [-0.3, -0.25) is 9.48 Å². The van der Waals surface area contributed by atoms with Crippen LogP contribution in [0.3, 0.4) is 0 Å². The van der Waals surface area contributed by atoms with E-state index >= 15 is 0 Å². The number of hydrogen-bond donors (Lipinski definition) is 1. The first kappa shape index (κ1) is 15.6. The van der Waals surface area contributed by atoms with Crippen LogP contribution in [0.25, 0.3) is 0 Å². The molecular formula is C21H21N3O. The first-order valence-electron chi connectivity index (χ1n) is 8.73. The molecule has 0 atom stereocenters. The number of nitrogens with one attached hydrogen (secondary N) is 1. The molecule has 0 fully saturated rings. The number of benzene rings is 2. The molecule has 0 saturated carbocycles. The molecule has 126 valence electrons. The van der Waals surface area contributed by atoms with Crippen molar-refractivity contribution in [3.05, 3.63) is 88.7 Å². The summed E-state index contributed by atoms with van der Waals surface area (Å²) >= 11 is 0. The fourth-order valence-electron chi connectivity index (χ4n) is 3.35. The van der Waals surface area contributed by atoms with E-state index in [0.717, 1.165) is 30.5 Å². The third-order valence-corrected chi connectivity index (χ3v) is 4.69. The highest BCUT2D eigenvalue weighted by Gasteiger charge is 2.14. The zero-order chi connectivity index (χ0) is 17.1. The lowest BCUT2D eigenvalue weighted by Gasteiger charge is -2.06. The van der Waals surface area contributed by atoms with Gasteiger partial charge in [-0.2, -0.15) is 5.10 Å². The summed E-state index contributed by atoms with van der Waals surface area (Å²) in [5, 5.41) is 7.37. The van der Waals surface area contributed by atoms with Gasteiger partial charge in [0.15, 0.2) is 0 Å². The van der Waals surface area contributed by atoms with E-state index in [0.29, 0.717) is 6.54 Å². The minimum Gasteiger partial charge on any atom is -0.348 e. The summed E-state index contributed by atoms with van der Waals surface area (Å²) in [4.78, 5) is 12.4. The van der Waals surface area contributed by atoms with E-state index < -0.39 is 0 Å². The molecule has 1 N–H and O–H groups in total. The summed E-state index contributed by atoms with van der Waals surface area (Å²) in [6.07, 6.45) is 7.21. The SMILES string of the molecule is O=C(NCc1cnn(Cc2ccccc2)c1)c1ccc2c(c1)CCC2. The Bertz CT molecular complexity index is 883. The van der Waals surface area contributed by atoms with Gasteiger partial charge in [0.2, 0.25) is 0 Å². The van der Waals surface area contributed by atoms with Crippen LogP contribution in [-0.4, -0.2) is 15.7 Å². The normalized spacial score (nSPS) is 12.8. The lowest BCUT2D eigenvalue weighted by atomic mass is 10.1. The number of aryl methyl sites for hydroxylation is 2. The Balaban J connectivity index is 1.36. The second-order valence-corrected chi connectivity index (χ2v) is 6.55. The van der Waals surface area contributed by atoms with Crippen LogP contribution in [0.4, 0.5) is 0 Å². The Kier molecular flexibility index (Phi) is 4.34. The fraction of sp³-hybridized carbons (Fsp3) is 0.238. The average Bonchev–Trinajstić information content (AvgIpc) is 3.29. The molecule has 4 rings (SSSR count). The molecule has 1 aliphatic rings. The quantitative estimate of drug-likeness (QED) is 0.779. The summed E-state index contributed by atoms with van der Waals surface area (Å²) in [7, 11) is 0. The monoisotopic (exact) mass is 331 g/mol. The first-order chi connectivity index (χ1) is 12.3. The zero-order valence-electron chi connectivity index (χ0n) is 14.1. The smallest absolute Gasteiger partial charge is 0.251 e. The van der Waals surface area contributed by atoms with Crippen molar-refractivity contribution >= 4 is 5.91 Å². The van der Waals surface area contributed by atoms with Crippen LogP contribution in [0, 0.1) is 0 Å². The molecule has 4 heteroatoms. The van der Waals surface area contributed by atoms with Crippen molar-refractivity contribution in [1.29, 1.82) is 0 Å². The van der Waals surface area contributed by atoms with Crippen molar-refractivity contribution in [3.8, 4) is 0 Å². The molecule has 0 saturated heterocycles. The van der Waals surface area contributed by atoms with E-state index in [1.54, 1.807) is 0 Å². The minimum absolute atomic E-state index is 0.0227. The zero-order valence-corrected chi connectivity index (χ0v) is 14.1. The number of aromatic nitrogens is 2. The van der Waals surface area contributed by atoms with E-state index in [1.165, 1.54) is 23.1 Å². The van der Waals surface area contributed by atoms with Crippen LogP contribution >= 0.6 is 0 Å². The molecular weight excluding hydrogens is 310 g/mol. The Morgan fingerprint density at radius 1 is 1.04 bits per heavy atom. The van der Waals surface area contributed by atoms with Crippen LogP contribution < -0.4 is 5.32 Å². The number of hydrogen-bond acceptors (Lipinski definition) is 2. The first-order valence-corrected chi connectivity index (χ1v) is 8.73. The summed E-state index contributed by atoms with van der Waals surface area (Å²) in [5.74, 6) is -0.0227. The van der Waals surface area contributed by atoms with Crippen LogP contribution in [0.15, 0.2) is 60.9 Å². The van der Waals surface area contributed by atoms with E-state index in [1.807, 2.05) is 47.4 Å². The van der Waals surface area contributed by atoms with Crippen LogP contribution in [0.5, 0.6) is 0 Å². The van der Waals surface area contributed by atoms with Gasteiger partial charge < -0.3 is 5.32 Å². The molecule has 0 unspecified atom stereocenters. The van der Waals surface area contributed by atoms with Gasteiger partial charge in [0, 0.05) is 23.9 Å². The molecule has 1 amide bonds.